The van der Waals surface area contributed by atoms with Crippen LogP contribution in [0.4, 0.5) is 0 Å². The second-order valence-corrected chi connectivity index (χ2v) is 8.11. The number of carbonyl (C=O) groups excluding carboxylic acids is 1. The van der Waals surface area contributed by atoms with E-state index in [2.05, 4.69) is 29.2 Å². The number of nitrogens with zero attached hydrogens (tertiary/aromatic N) is 2. The fourth-order valence-corrected chi connectivity index (χ4v) is 5.18. The minimum atomic E-state index is -0.0370. The zero-order valence-electron chi connectivity index (χ0n) is 15.9. The van der Waals surface area contributed by atoms with Gasteiger partial charge in [-0.3, -0.25) is 4.79 Å². The van der Waals surface area contributed by atoms with Crippen molar-refractivity contribution in [1.29, 1.82) is 0 Å². The Labute approximate surface area is 164 Å². The van der Waals surface area contributed by atoms with Crippen molar-refractivity contribution in [1.82, 2.24) is 9.88 Å². The first kappa shape index (κ1) is 17.3. The molecule has 1 saturated carbocycles. The minimum absolute atomic E-state index is 0.0370. The highest BCUT2D eigenvalue weighted by molar-refractivity contribution is 5.94. The third-order valence-corrected chi connectivity index (χ3v) is 6.46. The van der Waals surface area contributed by atoms with Crippen LogP contribution >= 0.6 is 0 Å². The van der Waals surface area contributed by atoms with Crippen molar-refractivity contribution in [3.05, 3.63) is 70.8 Å². The van der Waals surface area contributed by atoms with Gasteiger partial charge in [0.1, 0.15) is 5.56 Å². The summed E-state index contributed by atoms with van der Waals surface area (Å²) in [5.74, 6) is 0.429. The van der Waals surface area contributed by atoms with E-state index in [1.165, 1.54) is 48.3 Å². The number of fused-ring (bicyclic) bond motifs is 3. The zero-order chi connectivity index (χ0) is 19.1. The SMILES string of the molecule is O=C(c1ccc[n+]([O-])c1)N1CCc2c([nH]c3ccccc23)C1C1CCCCC1. The highest BCUT2D eigenvalue weighted by Gasteiger charge is 2.39. The van der Waals surface area contributed by atoms with Gasteiger partial charge in [-0.2, -0.15) is 4.73 Å². The van der Waals surface area contributed by atoms with Crippen LogP contribution in [-0.4, -0.2) is 22.3 Å². The number of carbonyl (C=O) groups is 1. The Hall–Kier alpha value is -2.82. The summed E-state index contributed by atoms with van der Waals surface area (Å²) >= 11 is 0. The molecule has 1 amide bonds. The number of pyridine rings is 1. The molecule has 0 bridgehead atoms. The molecule has 0 radical (unpaired) electrons. The Morgan fingerprint density at radius 3 is 2.75 bits per heavy atom. The van der Waals surface area contributed by atoms with E-state index in [0.717, 1.165) is 24.8 Å². The molecule has 1 fully saturated rings. The fraction of sp³-hybridized carbons (Fsp3) is 0.391. The molecular weight excluding hydrogens is 350 g/mol. The Bertz CT molecular complexity index is 1020. The molecule has 2 aromatic heterocycles. The molecular formula is C23H25N3O2. The van der Waals surface area contributed by atoms with Gasteiger partial charge in [0, 0.05) is 29.2 Å². The van der Waals surface area contributed by atoms with Crippen molar-refractivity contribution >= 4 is 16.8 Å². The first-order valence-corrected chi connectivity index (χ1v) is 10.3. The molecule has 0 spiro atoms. The van der Waals surface area contributed by atoms with E-state index in [-0.39, 0.29) is 11.9 Å². The molecule has 1 N–H and O–H groups in total. The van der Waals surface area contributed by atoms with Gasteiger partial charge in [-0.15, -0.1) is 0 Å². The van der Waals surface area contributed by atoms with E-state index in [0.29, 0.717) is 22.8 Å². The first-order chi connectivity index (χ1) is 13.7. The van der Waals surface area contributed by atoms with E-state index in [1.54, 1.807) is 12.1 Å². The Morgan fingerprint density at radius 2 is 1.93 bits per heavy atom. The zero-order valence-corrected chi connectivity index (χ0v) is 15.9. The van der Waals surface area contributed by atoms with Crippen LogP contribution in [0.3, 0.4) is 0 Å². The highest BCUT2D eigenvalue weighted by Crippen LogP contribution is 2.44. The third kappa shape index (κ3) is 2.86. The van der Waals surface area contributed by atoms with Crippen LogP contribution in [-0.2, 0) is 6.42 Å². The van der Waals surface area contributed by atoms with E-state index in [9.17, 15) is 10.0 Å². The Balaban J connectivity index is 1.59. The van der Waals surface area contributed by atoms with Gasteiger partial charge in [0.15, 0.2) is 12.4 Å². The summed E-state index contributed by atoms with van der Waals surface area (Å²) in [5.41, 5.74) is 4.19. The maximum atomic E-state index is 13.4. The molecule has 1 aliphatic carbocycles. The smallest absolute Gasteiger partial charge is 0.260 e. The second-order valence-electron chi connectivity index (χ2n) is 8.11. The summed E-state index contributed by atoms with van der Waals surface area (Å²) in [6, 6.07) is 11.9. The molecule has 144 valence electrons. The van der Waals surface area contributed by atoms with Gasteiger partial charge >= 0.3 is 0 Å². The summed E-state index contributed by atoms with van der Waals surface area (Å²) in [7, 11) is 0. The number of nitrogens with one attached hydrogen (secondary N) is 1. The largest absolute Gasteiger partial charge is 0.619 e. The van der Waals surface area contributed by atoms with Crippen molar-refractivity contribution in [2.75, 3.05) is 6.54 Å². The van der Waals surface area contributed by atoms with Crippen LogP contribution in [0.2, 0.25) is 0 Å². The van der Waals surface area contributed by atoms with Gasteiger partial charge in [-0.1, -0.05) is 37.5 Å². The first-order valence-electron chi connectivity index (χ1n) is 10.3. The number of H-pyrrole nitrogens is 1. The van der Waals surface area contributed by atoms with Gasteiger partial charge in [0.05, 0.1) is 6.04 Å². The van der Waals surface area contributed by atoms with Gasteiger partial charge in [0.25, 0.3) is 5.91 Å². The minimum Gasteiger partial charge on any atom is -0.619 e. The third-order valence-electron chi connectivity index (χ3n) is 6.46. The van der Waals surface area contributed by atoms with Crippen molar-refractivity contribution < 1.29 is 9.52 Å². The molecule has 1 atom stereocenters. The quantitative estimate of drug-likeness (QED) is 0.541. The molecule has 5 rings (SSSR count). The summed E-state index contributed by atoms with van der Waals surface area (Å²) in [5, 5.41) is 13.0. The monoisotopic (exact) mass is 375 g/mol. The lowest BCUT2D eigenvalue weighted by atomic mass is 9.79. The van der Waals surface area contributed by atoms with E-state index in [4.69, 9.17) is 0 Å². The van der Waals surface area contributed by atoms with E-state index < -0.39 is 0 Å². The van der Waals surface area contributed by atoms with Gasteiger partial charge in [-0.25, -0.2) is 0 Å². The van der Waals surface area contributed by atoms with Gasteiger partial charge in [-0.05, 0) is 42.9 Å². The molecule has 3 aromatic rings. The lowest BCUT2D eigenvalue weighted by Gasteiger charge is -2.41. The Morgan fingerprint density at radius 1 is 1.11 bits per heavy atom. The van der Waals surface area contributed by atoms with Crippen molar-refractivity contribution in [2.45, 2.75) is 44.6 Å². The summed E-state index contributed by atoms with van der Waals surface area (Å²) in [6.07, 6.45) is 9.70. The number of hydrogen-bond donors (Lipinski definition) is 1. The summed E-state index contributed by atoms with van der Waals surface area (Å²) < 4.78 is 0.709. The van der Waals surface area contributed by atoms with Crippen LogP contribution in [0.1, 0.15) is 59.8 Å². The number of aromatic nitrogens is 2. The normalized spacial score (nSPS) is 20.3. The molecule has 1 aliphatic heterocycles. The van der Waals surface area contributed by atoms with Crippen LogP contribution in [0.5, 0.6) is 0 Å². The number of hydrogen-bond acceptors (Lipinski definition) is 2. The number of amides is 1. The fourth-order valence-electron chi connectivity index (χ4n) is 5.18. The number of benzene rings is 1. The molecule has 5 nitrogen and oxygen atoms in total. The van der Waals surface area contributed by atoms with Crippen LogP contribution in [0, 0.1) is 11.1 Å². The molecule has 5 heteroatoms. The van der Waals surface area contributed by atoms with Crippen molar-refractivity contribution in [2.24, 2.45) is 5.92 Å². The average Bonchev–Trinajstić information content (AvgIpc) is 3.12. The number of aromatic amines is 1. The molecule has 2 aliphatic rings. The van der Waals surface area contributed by atoms with Crippen LogP contribution in [0.15, 0.2) is 48.8 Å². The molecule has 3 heterocycles. The maximum Gasteiger partial charge on any atom is 0.260 e. The van der Waals surface area contributed by atoms with Crippen molar-refractivity contribution in [3.63, 3.8) is 0 Å². The lowest BCUT2D eigenvalue weighted by molar-refractivity contribution is -0.605. The standard InChI is InChI=1S/C23H25N3O2/c27-23(17-9-6-13-25(28)15-17)26-14-12-19-18-10-4-5-11-20(18)24-21(19)22(26)16-7-2-1-3-8-16/h4-6,9-11,13,15-16,22,24H,1-3,7-8,12,14H2. The molecule has 0 saturated heterocycles. The van der Waals surface area contributed by atoms with Crippen molar-refractivity contribution in [3.8, 4) is 0 Å². The molecule has 1 unspecified atom stereocenters. The number of para-hydroxylation sites is 1. The predicted octanol–water partition coefficient (Wildman–Crippen LogP) is 4.12. The number of rotatable bonds is 2. The predicted molar refractivity (Wildman–Crippen MR) is 108 cm³/mol. The summed E-state index contributed by atoms with van der Waals surface area (Å²) in [4.78, 5) is 19.1. The lowest BCUT2D eigenvalue weighted by Crippen LogP contribution is -2.44. The second kappa shape index (κ2) is 6.97. The molecule has 1 aromatic carbocycles. The van der Waals surface area contributed by atoms with E-state index in [1.807, 2.05) is 4.90 Å². The van der Waals surface area contributed by atoms with Gasteiger partial charge < -0.3 is 15.1 Å². The highest BCUT2D eigenvalue weighted by atomic mass is 16.5. The van der Waals surface area contributed by atoms with Crippen LogP contribution < -0.4 is 4.73 Å². The molecule has 28 heavy (non-hydrogen) atoms. The average molecular weight is 375 g/mol. The maximum absolute atomic E-state index is 13.4. The van der Waals surface area contributed by atoms with Gasteiger partial charge in [0.2, 0.25) is 0 Å². The summed E-state index contributed by atoms with van der Waals surface area (Å²) in [6.45, 7) is 0.697. The van der Waals surface area contributed by atoms with E-state index >= 15 is 0 Å². The topological polar surface area (TPSA) is 63.0 Å². The Kier molecular flexibility index (Phi) is 4.30. The van der Waals surface area contributed by atoms with Crippen LogP contribution in [0.25, 0.3) is 10.9 Å².